The van der Waals surface area contributed by atoms with Crippen LogP contribution >= 0.6 is 0 Å². The number of nitrogens with zero attached hydrogens (tertiary/aromatic N) is 1. The van der Waals surface area contributed by atoms with Crippen LogP contribution in [0.5, 0.6) is 5.75 Å². The van der Waals surface area contributed by atoms with Crippen LogP contribution in [-0.2, 0) is 4.79 Å². The number of anilines is 1. The van der Waals surface area contributed by atoms with Crippen LogP contribution in [0.3, 0.4) is 0 Å². The van der Waals surface area contributed by atoms with Crippen molar-refractivity contribution in [3.05, 3.63) is 58.7 Å². The fraction of sp³-hybridized carbons (Fsp3) is 0.333. The van der Waals surface area contributed by atoms with Gasteiger partial charge in [-0.2, -0.15) is 0 Å². The van der Waals surface area contributed by atoms with Gasteiger partial charge in [0.25, 0.3) is 11.7 Å². The third-order valence-corrected chi connectivity index (χ3v) is 4.56. The lowest BCUT2D eigenvalue weighted by atomic mass is 10.0. The molecule has 0 bridgehead atoms. The highest BCUT2D eigenvalue weighted by molar-refractivity contribution is 6.52. The lowest BCUT2D eigenvalue weighted by Crippen LogP contribution is -2.33. The first-order chi connectivity index (χ1) is 11.9. The number of hydrogen-bond donors (Lipinski definition) is 0. The Balaban J connectivity index is 1.77. The zero-order chi connectivity index (χ0) is 18.1. The van der Waals surface area contributed by atoms with E-state index in [2.05, 4.69) is 26.0 Å². The summed E-state index contributed by atoms with van der Waals surface area (Å²) in [5.74, 6) is 0.296. The number of amides is 1. The van der Waals surface area contributed by atoms with Crippen molar-refractivity contribution in [3.63, 3.8) is 0 Å². The monoisotopic (exact) mass is 337 g/mol. The average Bonchev–Trinajstić information content (AvgIpc) is 2.81. The van der Waals surface area contributed by atoms with Crippen molar-refractivity contribution in [1.29, 1.82) is 0 Å². The standard InChI is InChI=1S/C21H23NO3/c1-13(2)16-9-8-14(3)12-18(16)25-11-10-22-19-15(4)6-5-7-17(19)20(23)21(22)24/h5-9,12-13H,10-11H2,1-4H3. The van der Waals surface area contributed by atoms with Gasteiger partial charge in [0, 0.05) is 0 Å². The molecule has 0 saturated heterocycles. The topological polar surface area (TPSA) is 46.6 Å². The second kappa shape index (κ2) is 6.71. The van der Waals surface area contributed by atoms with Crippen molar-refractivity contribution in [2.75, 3.05) is 18.1 Å². The van der Waals surface area contributed by atoms with Gasteiger partial charge in [-0.3, -0.25) is 9.59 Å². The first-order valence-corrected chi connectivity index (χ1v) is 8.59. The predicted molar refractivity (Wildman–Crippen MR) is 98.6 cm³/mol. The highest BCUT2D eigenvalue weighted by atomic mass is 16.5. The first-order valence-electron chi connectivity index (χ1n) is 8.59. The molecule has 0 aliphatic carbocycles. The van der Waals surface area contributed by atoms with Crippen LogP contribution in [0.2, 0.25) is 0 Å². The third-order valence-electron chi connectivity index (χ3n) is 4.56. The van der Waals surface area contributed by atoms with Gasteiger partial charge in [0.1, 0.15) is 12.4 Å². The lowest BCUT2D eigenvalue weighted by molar-refractivity contribution is -0.114. The number of fused-ring (bicyclic) bond motifs is 1. The van der Waals surface area contributed by atoms with E-state index in [1.165, 1.54) is 4.90 Å². The van der Waals surface area contributed by atoms with Gasteiger partial charge in [0.15, 0.2) is 0 Å². The summed E-state index contributed by atoms with van der Waals surface area (Å²) in [5.41, 5.74) is 4.41. The van der Waals surface area contributed by atoms with Crippen LogP contribution in [0.1, 0.15) is 46.8 Å². The molecule has 0 N–H and O–H groups in total. The first kappa shape index (κ1) is 17.2. The Morgan fingerprint density at radius 2 is 1.84 bits per heavy atom. The van der Waals surface area contributed by atoms with Crippen LogP contribution in [-0.4, -0.2) is 24.8 Å². The highest BCUT2D eigenvalue weighted by Gasteiger charge is 2.36. The number of para-hydroxylation sites is 1. The maximum atomic E-state index is 12.3. The molecular formula is C21H23NO3. The molecule has 0 radical (unpaired) electrons. The summed E-state index contributed by atoms with van der Waals surface area (Å²) < 4.78 is 5.97. The van der Waals surface area contributed by atoms with Crippen LogP contribution < -0.4 is 9.64 Å². The molecule has 130 valence electrons. The molecule has 0 fully saturated rings. The van der Waals surface area contributed by atoms with E-state index in [1.807, 2.05) is 26.0 Å². The SMILES string of the molecule is Cc1ccc(C(C)C)c(OCCN2C(=O)C(=O)c3cccc(C)c32)c1. The number of carbonyl (C=O) groups excluding carboxylic acids is 2. The number of Topliss-reactive ketones (excluding diaryl/α,β-unsaturated/α-hetero) is 1. The van der Waals surface area contributed by atoms with Crippen molar-refractivity contribution in [3.8, 4) is 5.75 Å². The molecule has 0 atom stereocenters. The van der Waals surface area contributed by atoms with E-state index < -0.39 is 11.7 Å². The molecule has 3 rings (SSSR count). The second-order valence-corrected chi connectivity index (χ2v) is 6.80. The molecule has 25 heavy (non-hydrogen) atoms. The minimum Gasteiger partial charge on any atom is -0.491 e. The molecule has 1 aliphatic heterocycles. The largest absolute Gasteiger partial charge is 0.491 e. The van der Waals surface area contributed by atoms with Crippen molar-refractivity contribution >= 4 is 17.4 Å². The molecule has 4 heteroatoms. The van der Waals surface area contributed by atoms with Crippen molar-refractivity contribution in [2.24, 2.45) is 0 Å². The fourth-order valence-corrected chi connectivity index (χ4v) is 3.24. The zero-order valence-electron chi connectivity index (χ0n) is 15.1. The maximum Gasteiger partial charge on any atom is 0.299 e. The average molecular weight is 337 g/mol. The van der Waals surface area contributed by atoms with E-state index in [0.29, 0.717) is 24.6 Å². The molecule has 1 heterocycles. The smallest absolute Gasteiger partial charge is 0.299 e. The van der Waals surface area contributed by atoms with Gasteiger partial charge < -0.3 is 9.64 Å². The molecule has 0 aromatic heterocycles. The number of benzene rings is 2. The van der Waals surface area contributed by atoms with Crippen molar-refractivity contribution < 1.29 is 14.3 Å². The summed E-state index contributed by atoms with van der Waals surface area (Å²) in [7, 11) is 0. The maximum absolute atomic E-state index is 12.3. The Kier molecular flexibility index (Phi) is 4.62. The lowest BCUT2D eigenvalue weighted by Gasteiger charge is -2.20. The summed E-state index contributed by atoms with van der Waals surface area (Å²) in [6, 6.07) is 11.6. The van der Waals surface area contributed by atoms with Crippen LogP contribution in [0.4, 0.5) is 5.69 Å². The van der Waals surface area contributed by atoms with Crippen molar-refractivity contribution in [1.82, 2.24) is 0 Å². The van der Waals surface area contributed by atoms with Gasteiger partial charge in [-0.1, -0.05) is 38.1 Å². The van der Waals surface area contributed by atoms with E-state index in [9.17, 15) is 9.59 Å². The van der Waals surface area contributed by atoms with E-state index in [4.69, 9.17) is 4.74 Å². The number of ether oxygens (including phenoxy) is 1. The van der Waals surface area contributed by atoms with Gasteiger partial charge in [-0.15, -0.1) is 0 Å². The summed E-state index contributed by atoms with van der Waals surface area (Å²) in [6.07, 6.45) is 0. The number of aryl methyl sites for hydroxylation is 2. The fourth-order valence-electron chi connectivity index (χ4n) is 3.24. The Morgan fingerprint density at radius 3 is 2.56 bits per heavy atom. The summed E-state index contributed by atoms with van der Waals surface area (Å²) in [4.78, 5) is 26.0. The molecule has 1 amide bonds. The van der Waals surface area contributed by atoms with Gasteiger partial charge in [-0.05, 0) is 48.6 Å². The van der Waals surface area contributed by atoms with Gasteiger partial charge in [-0.25, -0.2) is 0 Å². The quantitative estimate of drug-likeness (QED) is 0.774. The van der Waals surface area contributed by atoms with Gasteiger partial charge >= 0.3 is 0 Å². The summed E-state index contributed by atoms with van der Waals surface area (Å²) >= 11 is 0. The Hall–Kier alpha value is -2.62. The summed E-state index contributed by atoms with van der Waals surface area (Å²) in [6.45, 7) is 8.89. The van der Waals surface area contributed by atoms with E-state index >= 15 is 0 Å². The van der Waals surface area contributed by atoms with Crippen LogP contribution in [0.25, 0.3) is 0 Å². The van der Waals surface area contributed by atoms with Crippen LogP contribution in [0, 0.1) is 13.8 Å². The second-order valence-electron chi connectivity index (χ2n) is 6.80. The number of carbonyl (C=O) groups is 2. The van der Waals surface area contributed by atoms with Gasteiger partial charge in [0.2, 0.25) is 0 Å². The van der Waals surface area contributed by atoms with Crippen LogP contribution in [0.15, 0.2) is 36.4 Å². The minimum absolute atomic E-state index is 0.343. The molecule has 2 aromatic carbocycles. The molecule has 1 aliphatic rings. The Bertz CT molecular complexity index is 839. The molecule has 0 unspecified atom stereocenters. The van der Waals surface area contributed by atoms with Crippen molar-refractivity contribution in [2.45, 2.75) is 33.6 Å². The number of rotatable bonds is 5. The minimum atomic E-state index is -0.471. The molecule has 2 aromatic rings. The predicted octanol–water partition coefficient (Wildman–Crippen LogP) is 4.04. The van der Waals surface area contributed by atoms with E-state index in [-0.39, 0.29) is 0 Å². The zero-order valence-corrected chi connectivity index (χ0v) is 15.1. The van der Waals surface area contributed by atoms with E-state index in [0.717, 1.165) is 28.1 Å². The van der Waals surface area contributed by atoms with E-state index in [1.54, 1.807) is 12.1 Å². The molecule has 0 spiro atoms. The molecule has 4 nitrogen and oxygen atoms in total. The van der Waals surface area contributed by atoms with Gasteiger partial charge in [0.05, 0.1) is 17.8 Å². The normalized spacial score (nSPS) is 13.6. The number of hydrogen-bond acceptors (Lipinski definition) is 3. The molecule has 0 saturated carbocycles. The summed E-state index contributed by atoms with van der Waals surface area (Å²) in [5, 5.41) is 0. The Labute approximate surface area is 148 Å². The number of ketones is 1. The molecular weight excluding hydrogens is 314 g/mol. The highest BCUT2D eigenvalue weighted by Crippen LogP contribution is 2.32. The third kappa shape index (κ3) is 3.16. The Morgan fingerprint density at radius 1 is 1.08 bits per heavy atom.